The number of piperidine rings is 1. The van der Waals surface area contributed by atoms with E-state index < -0.39 is 5.92 Å². The van der Waals surface area contributed by atoms with Crippen molar-refractivity contribution in [2.75, 3.05) is 46.4 Å². The number of likely N-dealkylation sites (tertiary alicyclic amines) is 2. The first kappa shape index (κ1) is 24.1. The highest BCUT2D eigenvalue weighted by Gasteiger charge is 2.72. The molecule has 6 rings (SSSR count). The zero-order valence-corrected chi connectivity index (χ0v) is 21.2. The largest absolute Gasteiger partial charge is 0.443 e. The average molecular weight is 497 g/mol. The number of alkyl halides is 2. The van der Waals surface area contributed by atoms with Crippen molar-refractivity contribution in [2.24, 2.45) is 23.7 Å². The highest BCUT2D eigenvalue weighted by atomic mass is 19.3. The standard InChI is InChI=1S/C26H38F2N2O5/c1-15(2)5-6-20-24(3,35-20)22-21(32-4)19(7-8-25(22)14-33-25)34-23(31)30-10-17-16(18(17)11-30)9-29-12-26(27,28)13-29/h5,16-22H,6-14H2,1-4H3/t16-,17-,18+,19-,20-,21-,22?,24+,25+/m1/s1. The molecule has 2 saturated carbocycles. The van der Waals surface area contributed by atoms with Crippen LogP contribution in [0.4, 0.5) is 13.6 Å². The van der Waals surface area contributed by atoms with Gasteiger partial charge in [0.25, 0.3) is 5.92 Å². The molecule has 35 heavy (non-hydrogen) atoms. The number of allylic oxidation sites excluding steroid dienone is 1. The first-order valence-corrected chi connectivity index (χ1v) is 13.1. The number of methoxy groups -OCH3 is 1. The number of amides is 1. The van der Waals surface area contributed by atoms with Crippen LogP contribution in [0.5, 0.6) is 0 Å². The van der Waals surface area contributed by atoms with Crippen molar-refractivity contribution >= 4 is 6.09 Å². The van der Waals surface area contributed by atoms with E-state index in [9.17, 15) is 13.6 Å². The van der Waals surface area contributed by atoms with Gasteiger partial charge in [-0.1, -0.05) is 11.6 Å². The van der Waals surface area contributed by atoms with Crippen molar-refractivity contribution in [1.82, 2.24) is 9.80 Å². The summed E-state index contributed by atoms with van der Waals surface area (Å²) in [5.41, 5.74) is 0.672. The summed E-state index contributed by atoms with van der Waals surface area (Å²) in [7, 11) is 1.69. The number of fused-ring (bicyclic) bond motifs is 1. The van der Waals surface area contributed by atoms with E-state index in [-0.39, 0.29) is 54.6 Å². The lowest BCUT2D eigenvalue weighted by Crippen LogP contribution is -2.57. The molecule has 1 unspecified atom stereocenters. The van der Waals surface area contributed by atoms with E-state index in [0.29, 0.717) is 43.9 Å². The Bertz CT molecular complexity index is 886. The van der Waals surface area contributed by atoms with E-state index >= 15 is 0 Å². The molecule has 1 spiro atoms. The first-order chi connectivity index (χ1) is 16.6. The summed E-state index contributed by atoms with van der Waals surface area (Å²) in [5.74, 6) is -1.27. The summed E-state index contributed by atoms with van der Waals surface area (Å²) >= 11 is 0. The fraction of sp³-hybridized carbons (Fsp3) is 0.885. The molecular formula is C26H38F2N2O5. The van der Waals surface area contributed by atoms with Gasteiger partial charge in [-0.2, -0.15) is 0 Å². The van der Waals surface area contributed by atoms with Gasteiger partial charge in [0.15, 0.2) is 0 Å². The maximum atomic E-state index is 13.1. The molecule has 9 heteroatoms. The number of ether oxygens (including phenoxy) is 4. The Morgan fingerprint density at radius 3 is 2.46 bits per heavy atom. The molecule has 4 saturated heterocycles. The molecule has 1 amide bonds. The van der Waals surface area contributed by atoms with Gasteiger partial charge in [0, 0.05) is 26.7 Å². The summed E-state index contributed by atoms with van der Waals surface area (Å²) in [4.78, 5) is 16.7. The Balaban J connectivity index is 1.05. The lowest BCUT2D eigenvalue weighted by molar-refractivity contribution is -0.132. The Labute approximate surface area is 206 Å². The minimum Gasteiger partial charge on any atom is -0.443 e. The van der Waals surface area contributed by atoms with E-state index in [0.717, 1.165) is 19.4 Å². The van der Waals surface area contributed by atoms with Crippen LogP contribution in [0.25, 0.3) is 0 Å². The third kappa shape index (κ3) is 4.20. The second-order valence-electron chi connectivity index (χ2n) is 12.2. The quantitative estimate of drug-likeness (QED) is 0.398. The van der Waals surface area contributed by atoms with Crippen LogP contribution >= 0.6 is 0 Å². The van der Waals surface area contributed by atoms with Crippen LogP contribution in [-0.2, 0) is 18.9 Å². The van der Waals surface area contributed by atoms with E-state index in [2.05, 4.69) is 26.8 Å². The molecule has 4 aliphatic heterocycles. The molecule has 0 aromatic heterocycles. The Morgan fingerprint density at radius 1 is 1.20 bits per heavy atom. The second kappa shape index (κ2) is 8.10. The van der Waals surface area contributed by atoms with Crippen LogP contribution in [0.2, 0.25) is 0 Å². The molecule has 196 valence electrons. The smallest absolute Gasteiger partial charge is 0.410 e. The molecule has 0 aromatic carbocycles. The predicted octanol–water partition coefficient (Wildman–Crippen LogP) is 3.33. The molecular weight excluding hydrogens is 458 g/mol. The molecule has 6 aliphatic rings. The minimum atomic E-state index is -2.52. The summed E-state index contributed by atoms with van der Waals surface area (Å²) in [6, 6.07) is 0. The molecule has 0 bridgehead atoms. The Morgan fingerprint density at radius 2 is 1.89 bits per heavy atom. The fourth-order valence-corrected chi connectivity index (χ4v) is 7.38. The van der Waals surface area contributed by atoms with Gasteiger partial charge in [-0.15, -0.1) is 0 Å². The van der Waals surface area contributed by atoms with Crippen molar-refractivity contribution in [2.45, 2.75) is 75.5 Å². The van der Waals surface area contributed by atoms with E-state index in [1.54, 1.807) is 12.0 Å². The molecule has 0 radical (unpaired) electrons. The van der Waals surface area contributed by atoms with Crippen LogP contribution in [0.15, 0.2) is 11.6 Å². The van der Waals surface area contributed by atoms with Crippen molar-refractivity contribution in [3.63, 3.8) is 0 Å². The number of epoxide rings is 2. The third-order valence-electron chi connectivity index (χ3n) is 9.50. The second-order valence-corrected chi connectivity index (χ2v) is 12.2. The number of carbonyl (C=O) groups is 1. The fourth-order valence-electron chi connectivity index (χ4n) is 7.38. The topological polar surface area (TPSA) is 67.1 Å². The molecule has 4 heterocycles. The van der Waals surface area contributed by atoms with Crippen LogP contribution < -0.4 is 0 Å². The normalized spacial score (nSPS) is 47.1. The highest BCUT2D eigenvalue weighted by Crippen LogP contribution is 2.60. The van der Waals surface area contributed by atoms with Crippen molar-refractivity contribution in [3.05, 3.63) is 11.6 Å². The predicted molar refractivity (Wildman–Crippen MR) is 123 cm³/mol. The van der Waals surface area contributed by atoms with Gasteiger partial charge in [-0.05, 0) is 57.8 Å². The van der Waals surface area contributed by atoms with Gasteiger partial charge in [0.1, 0.15) is 23.4 Å². The van der Waals surface area contributed by atoms with E-state index in [1.165, 1.54) is 5.57 Å². The van der Waals surface area contributed by atoms with E-state index in [4.69, 9.17) is 18.9 Å². The Hall–Kier alpha value is -1.29. The van der Waals surface area contributed by atoms with Crippen molar-refractivity contribution in [1.29, 1.82) is 0 Å². The monoisotopic (exact) mass is 496 g/mol. The summed E-state index contributed by atoms with van der Waals surface area (Å²) < 4.78 is 50.5. The summed E-state index contributed by atoms with van der Waals surface area (Å²) in [6.45, 7) is 8.81. The number of halogens is 2. The maximum absolute atomic E-state index is 13.1. The number of nitrogens with zero attached hydrogens (tertiary/aromatic N) is 2. The minimum absolute atomic E-state index is 0.00753. The zero-order chi connectivity index (χ0) is 24.8. The van der Waals surface area contributed by atoms with Gasteiger partial charge < -0.3 is 23.8 Å². The zero-order valence-electron chi connectivity index (χ0n) is 21.2. The van der Waals surface area contributed by atoms with Gasteiger partial charge in [0.05, 0.1) is 31.7 Å². The van der Waals surface area contributed by atoms with Crippen LogP contribution in [0, 0.1) is 23.7 Å². The molecule has 0 aromatic rings. The first-order valence-electron chi connectivity index (χ1n) is 13.1. The van der Waals surface area contributed by atoms with Crippen LogP contribution in [0.3, 0.4) is 0 Å². The number of hydrogen-bond acceptors (Lipinski definition) is 6. The van der Waals surface area contributed by atoms with Gasteiger partial charge in [-0.25, -0.2) is 13.6 Å². The lowest BCUT2D eigenvalue weighted by Gasteiger charge is -2.43. The molecule has 2 aliphatic carbocycles. The molecule has 6 fully saturated rings. The van der Waals surface area contributed by atoms with E-state index in [1.807, 2.05) is 4.90 Å². The molecule has 9 atom stereocenters. The summed E-state index contributed by atoms with van der Waals surface area (Å²) in [6.07, 6.45) is 3.82. The molecule has 0 N–H and O–H groups in total. The van der Waals surface area contributed by atoms with Crippen LogP contribution in [0.1, 0.15) is 40.0 Å². The number of hydrogen-bond donors (Lipinski definition) is 0. The number of carbonyl (C=O) groups excluding carboxylic acids is 1. The summed E-state index contributed by atoms with van der Waals surface area (Å²) in [5, 5.41) is 0. The lowest BCUT2D eigenvalue weighted by atomic mass is 9.68. The number of rotatable bonds is 7. The SMILES string of the molecule is CO[C@H]1C([C@@]2(C)O[C@@H]2CC=C(C)C)[C@]2(CC[C@H]1OC(=O)N1C[C@@H]3[C@@H](CN4CC(F)(F)C4)[C@@H]3C1)CO2. The van der Waals surface area contributed by atoms with Gasteiger partial charge in [0.2, 0.25) is 0 Å². The average Bonchev–Trinajstić information content (AvgIpc) is 3.73. The Kier molecular flexibility index (Phi) is 5.57. The van der Waals surface area contributed by atoms with Gasteiger partial charge >= 0.3 is 6.09 Å². The van der Waals surface area contributed by atoms with Crippen LogP contribution in [-0.4, -0.2) is 97.8 Å². The van der Waals surface area contributed by atoms with Gasteiger partial charge in [-0.3, -0.25) is 4.90 Å². The third-order valence-corrected chi connectivity index (χ3v) is 9.50. The van der Waals surface area contributed by atoms with Crippen molar-refractivity contribution in [3.8, 4) is 0 Å². The maximum Gasteiger partial charge on any atom is 0.410 e. The highest BCUT2D eigenvalue weighted by molar-refractivity contribution is 5.68. The van der Waals surface area contributed by atoms with Crippen molar-refractivity contribution < 1.29 is 32.5 Å². The molecule has 7 nitrogen and oxygen atoms in total.